The maximum absolute atomic E-state index is 5.39. The lowest BCUT2D eigenvalue weighted by Crippen LogP contribution is -1.99. The van der Waals surface area contributed by atoms with Gasteiger partial charge >= 0.3 is 18.2 Å². The molecule has 0 aromatic heterocycles. The highest BCUT2D eigenvalue weighted by molar-refractivity contribution is 9.23. The molecule has 0 spiro atoms. The Labute approximate surface area is 87.5 Å². The fraction of sp³-hybridized carbons (Fsp3) is 0.143. The van der Waals surface area contributed by atoms with Crippen molar-refractivity contribution in [3.8, 4) is 5.75 Å². The molecule has 1 aromatic carbocycles. The van der Waals surface area contributed by atoms with Gasteiger partial charge < -0.3 is 17.6 Å². The third-order valence-electron chi connectivity index (χ3n) is 1.18. The maximum atomic E-state index is 5.39. The van der Waals surface area contributed by atoms with Crippen LogP contribution < -0.4 is 4.74 Å². The van der Waals surface area contributed by atoms with Gasteiger partial charge in [0.2, 0.25) is 0 Å². The molecule has 0 radical (unpaired) electrons. The summed E-state index contributed by atoms with van der Waals surface area (Å²) in [6, 6.07) is 7.71. The van der Waals surface area contributed by atoms with Gasteiger partial charge in [0.25, 0.3) is 0 Å². The molecule has 0 N–H and O–H groups in total. The molecule has 0 saturated heterocycles. The quantitative estimate of drug-likeness (QED) is 0.633. The highest BCUT2D eigenvalue weighted by Gasteiger charge is 1.93. The summed E-state index contributed by atoms with van der Waals surface area (Å²) in [7, 11) is 0. The third kappa shape index (κ3) is 3.69. The van der Waals surface area contributed by atoms with E-state index in [1.165, 1.54) is 0 Å². The van der Waals surface area contributed by atoms with E-state index >= 15 is 0 Å². The van der Waals surface area contributed by atoms with Crippen LogP contribution in [0.1, 0.15) is 0 Å². The zero-order valence-electron chi connectivity index (χ0n) is 5.96. The highest BCUT2D eigenvalue weighted by Crippen LogP contribution is 2.13. The van der Waals surface area contributed by atoms with Crippen LogP contribution in [0.2, 0.25) is 0 Å². The van der Waals surface area contributed by atoms with Crippen molar-refractivity contribution in [3.05, 3.63) is 24.3 Å². The molecule has 0 fully saturated rings. The third-order valence-corrected chi connectivity index (χ3v) is 2.81. The van der Waals surface area contributed by atoms with Gasteiger partial charge in [0.1, 0.15) is 5.75 Å². The SMILES string of the molecule is Sc1ccc(O[CH2][Mg][Br])cc1. The van der Waals surface area contributed by atoms with Crippen molar-refractivity contribution in [1.29, 1.82) is 0 Å². The lowest BCUT2D eigenvalue weighted by molar-refractivity contribution is 0.386. The zero-order chi connectivity index (χ0) is 8.10. The van der Waals surface area contributed by atoms with Crippen LogP contribution in [0.5, 0.6) is 5.75 Å². The number of thiol groups is 1. The van der Waals surface area contributed by atoms with Crippen LogP contribution in [0.3, 0.4) is 0 Å². The number of ether oxygens (including phenoxy) is 1. The van der Waals surface area contributed by atoms with Gasteiger partial charge in [-0.2, -0.15) is 0 Å². The lowest BCUT2D eigenvalue weighted by Gasteiger charge is -2.02. The van der Waals surface area contributed by atoms with Crippen molar-refractivity contribution in [2.45, 2.75) is 4.90 Å². The molecular formula is C7H7BrMgOS. The first-order valence-corrected chi connectivity index (χ1v) is 8.65. The van der Waals surface area contributed by atoms with Gasteiger partial charge in [-0.1, -0.05) is 0 Å². The Balaban J connectivity index is 2.52. The highest BCUT2D eigenvalue weighted by atomic mass is 79.9. The van der Waals surface area contributed by atoms with Crippen molar-refractivity contribution < 1.29 is 4.74 Å². The lowest BCUT2D eigenvalue weighted by atomic mass is 10.3. The molecular weight excluding hydrogens is 236 g/mol. The smallest absolute Gasteiger partial charge is 0.520 e. The minimum atomic E-state index is -0.168. The molecule has 0 unspecified atom stereocenters. The molecule has 56 valence electrons. The largest absolute Gasteiger partial charge is 0.522 e. The molecule has 0 amide bonds. The molecule has 1 rings (SSSR count). The molecule has 0 aliphatic rings. The van der Waals surface area contributed by atoms with Crippen LogP contribution in [0, 0.1) is 0 Å². The van der Waals surface area contributed by atoms with Crippen LogP contribution >= 0.6 is 25.5 Å². The van der Waals surface area contributed by atoms with E-state index in [0.29, 0.717) is 0 Å². The average molecular weight is 243 g/mol. The first-order valence-electron chi connectivity index (χ1n) is 3.31. The number of halogens is 1. The minimum absolute atomic E-state index is 0.168. The molecule has 0 aliphatic heterocycles. The Bertz CT molecular complexity index is 214. The van der Waals surface area contributed by atoms with Crippen molar-refractivity contribution >= 4 is 43.7 Å². The number of rotatable bonds is 3. The summed E-state index contributed by atoms with van der Waals surface area (Å²) in [6.45, 7) is 0. The Morgan fingerprint density at radius 3 is 2.55 bits per heavy atom. The second-order valence-electron chi connectivity index (χ2n) is 2.03. The number of benzene rings is 1. The number of hydrogen-bond donors (Lipinski definition) is 1. The fourth-order valence-corrected chi connectivity index (χ4v) is 1.65. The summed E-state index contributed by atoms with van der Waals surface area (Å²) < 4.78 is 6.23. The summed E-state index contributed by atoms with van der Waals surface area (Å²) in [6.07, 6.45) is 0. The van der Waals surface area contributed by atoms with Gasteiger partial charge in [-0.05, 0) is 24.3 Å². The van der Waals surface area contributed by atoms with Crippen LogP contribution in [0.25, 0.3) is 0 Å². The summed E-state index contributed by atoms with van der Waals surface area (Å²) >= 11 is 7.42. The van der Waals surface area contributed by atoms with E-state index in [9.17, 15) is 0 Å². The molecule has 1 nitrogen and oxygen atoms in total. The molecule has 4 heteroatoms. The summed E-state index contributed by atoms with van der Waals surface area (Å²) in [5.74, 6) is 0.926. The Kier molecular flexibility index (Phi) is 4.67. The monoisotopic (exact) mass is 242 g/mol. The van der Waals surface area contributed by atoms with E-state index < -0.39 is 0 Å². The van der Waals surface area contributed by atoms with Crippen LogP contribution in [-0.2, 0) is 0 Å². The van der Waals surface area contributed by atoms with Crippen LogP contribution in [0.4, 0.5) is 0 Å². The molecule has 0 bridgehead atoms. The van der Waals surface area contributed by atoms with Crippen LogP contribution in [0.15, 0.2) is 29.2 Å². The van der Waals surface area contributed by atoms with E-state index in [-0.39, 0.29) is 18.2 Å². The fourth-order valence-electron chi connectivity index (χ4n) is 0.699. The Hall–Kier alpha value is 0.616. The molecule has 1 aromatic rings. The van der Waals surface area contributed by atoms with Gasteiger partial charge in [-0.15, -0.1) is 12.6 Å². The molecule has 11 heavy (non-hydrogen) atoms. The van der Waals surface area contributed by atoms with Crippen molar-refractivity contribution in [2.75, 3.05) is 4.74 Å². The first kappa shape index (κ1) is 9.70. The van der Waals surface area contributed by atoms with Crippen molar-refractivity contribution in [1.82, 2.24) is 0 Å². The van der Waals surface area contributed by atoms with Gasteiger partial charge in [-0.3, -0.25) is 0 Å². The Morgan fingerprint density at radius 1 is 1.36 bits per heavy atom. The zero-order valence-corrected chi connectivity index (χ0v) is 9.85. The molecule has 0 heterocycles. The van der Waals surface area contributed by atoms with Gasteiger partial charge in [0.15, 0.2) is 0 Å². The summed E-state index contributed by atoms with van der Waals surface area (Å²) in [4.78, 5) is 0.966. The van der Waals surface area contributed by atoms with Crippen molar-refractivity contribution in [3.63, 3.8) is 0 Å². The van der Waals surface area contributed by atoms with Crippen molar-refractivity contribution in [2.24, 2.45) is 0 Å². The maximum Gasteiger partial charge on any atom is 0.522 e. The predicted molar refractivity (Wildman–Crippen MR) is 53.9 cm³/mol. The summed E-state index contributed by atoms with van der Waals surface area (Å²) in [5, 5.41) is 0. The van der Waals surface area contributed by atoms with E-state index in [4.69, 9.17) is 4.74 Å². The Morgan fingerprint density at radius 2 is 2.00 bits per heavy atom. The number of hydrogen-bond acceptors (Lipinski definition) is 2. The van der Waals surface area contributed by atoms with Gasteiger partial charge in [0, 0.05) is 9.63 Å². The second kappa shape index (κ2) is 5.30. The molecule has 0 saturated carbocycles. The van der Waals surface area contributed by atoms with Gasteiger partial charge in [-0.25, -0.2) is 0 Å². The van der Waals surface area contributed by atoms with E-state index in [1.807, 2.05) is 24.3 Å². The first-order chi connectivity index (χ1) is 5.33. The predicted octanol–water partition coefficient (Wildman–Crippen LogP) is 2.33. The second-order valence-corrected chi connectivity index (χ2v) is 5.71. The normalized spacial score (nSPS) is 8.91. The standard InChI is InChI=1S/C7H7OS.BrH.Mg/c1-8-6-2-4-7(9)5-3-6;;/h2-5,9H,1H2;1H;/q;;+1/p-1. The van der Waals surface area contributed by atoms with E-state index in [1.54, 1.807) is 0 Å². The van der Waals surface area contributed by atoms with E-state index in [0.717, 1.165) is 15.4 Å². The minimum Gasteiger partial charge on any atom is -0.520 e. The molecule has 0 atom stereocenters. The van der Waals surface area contributed by atoms with E-state index in [2.05, 4.69) is 25.5 Å². The topological polar surface area (TPSA) is 9.23 Å². The summed E-state index contributed by atoms with van der Waals surface area (Å²) in [5.41, 5.74) is 0. The average Bonchev–Trinajstić information content (AvgIpc) is 2.04. The molecule has 0 aliphatic carbocycles. The van der Waals surface area contributed by atoms with Gasteiger partial charge in [0.05, 0.1) is 0 Å². The van der Waals surface area contributed by atoms with Crippen LogP contribution in [-0.4, -0.2) is 22.9 Å².